The molecule has 0 spiro atoms. The van der Waals surface area contributed by atoms with Crippen LogP contribution in [0.4, 0.5) is 0 Å². The van der Waals surface area contributed by atoms with Crippen LogP contribution in [0.1, 0.15) is 42.4 Å². The molecule has 2 N–H and O–H groups in total. The molecule has 4 heteroatoms. The molecule has 1 amide bonds. The second-order valence-corrected chi connectivity index (χ2v) is 6.01. The van der Waals surface area contributed by atoms with E-state index in [-0.39, 0.29) is 11.5 Å². The van der Waals surface area contributed by atoms with Crippen molar-refractivity contribution < 1.29 is 9.53 Å². The van der Waals surface area contributed by atoms with Gasteiger partial charge in [0.25, 0.3) is 5.91 Å². The smallest absolute Gasteiger partial charge is 0.251 e. The first-order chi connectivity index (χ1) is 9.84. The third kappa shape index (κ3) is 3.45. The standard InChI is InChI=1S/C17H24N2O2/c1-6-21-17(4,5)10-18-16(20)13-7-8-15-14(9-13)11(2)12(3)19-15/h7-9,19H,6,10H2,1-5H3,(H,18,20). The number of hydrogen-bond donors (Lipinski definition) is 2. The van der Waals surface area contributed by atoms with Gasteiger partial charge in [0, 0.05) is 35.3 Å². The number of ether oxygens (including phenoxy) is 1. The van der Waals surface area contributed by atoms with Gasteiger partial charge in [-0.3, -0.25) is 4.79 Å². The van der Waals surface area contributed by atoms with Crippen LogP contribution in [0.15, 0.2) is 18.2 Å². The van der Waals surface area contributed by atoms with Gasteiger partial charge in [-0.05, 0) is 58.4 Å². The van der Waals surface area contributed by atoms with Gasteiger partial charge in [0.1, 0.15) is 0 Å². The SMILES string of the molecule is CCOC(C)(C)CNC(=O)c1ccc2[nH]c(C)c(C)c2c1. The van der Waals surface area contributed by atoms with E-state index in [1.807, 2.05) is 45.9 Å². The lowest BCUT2D eigenvalue weighted by Gasteiger charge is -2.24. The Labute approximate surface area is 125 Å². The molecular formula is C17H24N2O2. The molecule has 0 atom stereocenters. The van der Waals surface area contributed by atoms with Crippen molar-refractivity contribution in [3.8, 4) is 0 Å². The summed E-state index contributed by atoms with van der Waals surface area (Å²) in [7, 11) is 0. The van der Waals surface area contributed by atoms with Gasteiger partial charge in [-0.25, -0.2) is 0 Å². The van der Waals surface area contributed by atoms with Gasteiger partial charge in [-0.15, -0.1) is 0 Å². The predicted octanol–water partition coefficient (Wildman–Crippen LogP) is 3.33. The van der Waals surface area contributed by atoms with Crippen LogP contribution in [-0.2, 0) is 4.74 Å². The number of fused-ring (bicyclic) bond motifs is 1. The lowest BCUT2D eigenvalue weighted by atomic mass is 10.1. The summed E-state index contributed by atoms with van der Waals surface area (Å²) in [5, 5.41) is 4.04. The Morgan fingerprint density at radius 1 is 1.33 bits per heavy atom. The maximum Gasteiger partial charge on any atom is 0.251 e. The molecule has 2 rings (SSSR count). The summed E-state index contributed by atoms with van der Waals surface area (Å²) in [5.74, 6) is -0.0667. The van der Waals surface area contributed by atoms with Crippen LogP contribution in [0.25, 0.3) is 10.9 Å². The van der Waals surface area contributed by atoms with Crippen LogP contribution >= 0.6 is 0 Å². The van der Waals surface area contributed by atoms with Crippen molar-refractivity contribution in [3.63, 3.8) is 0 Å². The number of hydrogen-bond acceptors (Lipinski definition) is 2. The largest absolute Gasteiger partial charge is 0.374 e. The zero-order valence-electron chi connectivity index (χ0n) is 13.5. The molecule has 0 aliphatic heterocycles. The summed E-state index contributed by atoms with van der Waals surface area (Å²) in [4.78, 5) is 15.6. The minimum atomic E-state index is -0.352. The number of rotatable bonds is 5. The highest BCUT2D eigenvalue weighted by Crippen LogP contribution is 2.22. The van der Waals surface area contributed by atoms with Crippen molar-refractivity contribution >= 4 is 16.8 Å². The molecule has 2 aromatic rings. The van der Waals surface area contributed by atoms with Gasteiger partial charge in [0.2, 0.25) is 0 Å². The first kappa shape index (κ1) is 15.6. The summed E-state index contributed by atoms with van der Waals surface area (Å²) >= 11 is 0. The van der Waals surface area contributed by atoms with Crippen LogP contribution in [-0.4, -0.2) is 29.6 Å². The van der Waals surface area contributed by atoms with Gasteiger partial charge in [0.15, 0.2) is 0 Å². The molecule has 0 saturated carbocycles. The number of aryl methyl sites for hydroxylation is 2. The Bertz CT molecular complexity index is 656. The summed E-state index contributed by atoms with van der Waals surface area (Å²) in [6, 6.07) is 5.75. The first-order valence-electron chi connectivity index (χ1n) is 7.35. The number of aromatic amines is 1. The Morgan fingerprint density at radius 3 is 2.71 bits per heavy atom. The molecule has 0 aliphatic rings. The molecule has 21 heavy (non-hydrogen) atoms. The number of aromatic nitrogens is 1. The van der Waals surface area contributed by atoms with Crippen LogP contribution < -0.4 is 5.32 Å². The van der Waals surface area contributed by atoms with E-state index in [0.717, 1.165) is 16.6 Å². The van der Waals surface area contributed by atoms with E-state index in [0.29, 0.717) is 18.7 Å². The first-order valence-corrected chi connectivity index (χ1v) is 7.35. The fraction of sp³-hybridized carbons (Fsp3) is 0.471. The second kappa shape index (κ2) is 5.90. The fourth-order valence-electron chi connectivity index (χ4n) is 2.44. The summed E-state index contributed by atoms with van der Waals surface area (Å²) in [6.45, 7) is 11.1. The average molecular weight is 288 g/mol. The van der Waals surface area contributed by atoms with Crippen LogP contribution in [0.5, 0.6) is 0 Å². The normalized spacial score (nSPS) is 11.9. The monoisotopic (exact) mass is 288 g/mol. The van der Waals surface area contributed by atoms with Crippen molar-refractivity contribution in [2.45, 2.75) is 40.2 Å². The van der Waals surface area contributed by atoms with Gasteiger partial charge in [-0.2, -0.15) is 0 Å². The zero-order valence-corrected chi connectivity index (χ0v) is 13.5. The number of carbonyl (C=O) groups excluding carboxylic acids is 1. The van der Waals surface area contributed by atoms with E-state index in [2.05, 4.69) is 17.2 Å². The molecule has 114 valence electrons. The highest BCUT2D eigenvalue weighted by molar-refractivity contribution is 5.99. The average Bonchev–Trinajstić information content (AvgIpc) is 2.71. The van der Waals surface area contributed by atoms with E-state index < -0.39 is 0 Å². The lowest BCUT2D eigenvalue weighted by Crippen LogP contribution is -2.40. The van der Waals surface area contributed by atoms with Crippen LogP contribution in [0.3, 0.4) is 0 Å². The maximum atomic E-state index is 12.3. The predicted molar refractivity (Wildman–Crippen MR) is 85.8 cm³/mol. The lowest BCUT2D eigenvalue weighted by molar-refractivity contribution is -0.00815. The topological polar surface area (TPSA) is 54.1 Å². The van der Waals surface area contributed by atoms with Crippen molar-refractivity contribution in [2.24, 2.45) is 0 Å². The molecule has 1 aromatic carbocycles. The van der Waals surface area contributed by atoms with Crippen molar-refractivity contribution in [1.82, 2.24) is 10.3 Å². The van der Waals surface area contributed by atoms with E-state index in [4.69, 9.17) is 4.74 Å². The maximum absolute atomic E-state index is 12.3. The highest BCUT2D eigenvalue weighted by atomic mass is 16.5. The third-order valence-electron chi connectivity index (χ3n) is 3.78. The molecule has 0 fully saturated rings. The number of H-pyrrole nitrogens is 1. The molecule has 0 saturated heterocycles. The van der Waals surface area contributed by atoms with Gasteiger partial charge in [0.05, 0.1) is 5.60 Å². The molecule has 0 radical (unpaired) electrons. The Morgan fingerprint density at radius 2 is 2.05 bits per heavy atom. The number of carbonyl (C=O) groups is 1. The van der Waals surface area contributed by atoms with Crippen LogP contribution in [0.2, 0.25) is 0 Å². The summed E-state index contributed by atoms with van der Waals surface area (Å²) in [6.07, 6.45) is 0. The third-order valence-corrected chi connectivity index (χ3v) is 3.78. The second-order valence-electron chi connectivity index (χ2n) is 6.01. The van der Waals surface area contributed by atoms with E-state index >= 15 is 0 Å². The van der Waals surface area contributed by atoms with Crippen molar-refractivity contribution in [3.05, 3.63) is 35.0 Å². The number of nitrogens with one attached hydrogen (secondary N) is 2. The van der Waals surface area contributed by atoms with E-state index in [9.17, 15) is 4.79 Å². The Hall–Kier alpha value is -1.81. The zero-order chi connectivity index (χ0) is 15.6. The van der Waals surface area contributed by atoms with Gasteiger partial charge < -0.3 is 15.0 Å². The number of amides is 1. The molecular weight excluding hydrogens is 264 g/mol. The Kier molecular flexibility index (Phi) is 4.37. The van der Waals surface area contributed by atoms with Crippen molar-refractivity contribution in [2.75, 3.05) is 13.2 Å². The minimum Gasteiger partial charge on any atom is -0.374 e. The van der Waals surface area contributed by atoms with Gasteiger partial charge in [-0.1, -0.05) is 0 Å². The summed E-state index contributed by atoms with van der Waals surface area (Å²) < 4.78 is 5.59. The van der Waals surface area contributed by atoms with Gasteiger partial charge >= 0.3 is 0 Å². The molecule has 0 aliphatic carbocycles. The molecule has 0 bridgehead atoms. The van der Waals surface area contributed by atoms with E-state index in [1.165, 1.54) is 5.56 Å². The highest BCUT2D eigenvalue weighted by Gasteiger charge is 2.19. The molecule has 0 unspecified atom stereocenters. The minimum absolute atomic E-state index is 0.0667. The summed E-state index contributed by atoms with van der Waals surface area (Å²) in [5.41, 5.74) is 3.72. The quantitative estimate of drug-likeness (QED) is 0.886. The molecule has 4 nitrogen and oxygen atoms in total. The van der Waals surface area contributed by atoms with E-state index in [1.54, 1.807) is 0 Å². The van der Waals surface area contributed by atoms with Crippen molar-refractivity contribution in [1.29, 1.82) is 0 Å². The fourth-order valence-corrected chi connectivity index (χ4v) is 2.44. The Balaban J connectivity index is 2.14. The molecule has 1 heterocycles. The number of benzene rings is 1. The molecule has 1 aromatic heterocycles. The van der Waals surface area contributed by atoms with Crippen LogP contribution in [0, 0.1) is 13.8 Å².